The van der Waals surface area contributed by atoms with Gasteiger partial charge in [0.15, 0.2) is 0 Å². The average molecular weight is 526 g/mol. The number of carbonyl (C=O) groups is 1. The van der Waals surface area contributed by atoms with Crippen molar-refractivity contribution in [3.05, 3.63) is 107 Å². The van der Waals surface area contributed by atoms with Gasteiger partial charge in [0.2, 0.25) is 5.91 Å². The van der Waals surface area contributed by atoms with E-state index in [1.165, 1.54) is 12.1 Å². The summed E-state index contributed by atoms with van der Waals surface area (Å²) in [4.78, 5) is 13.3. The molecule has 38 heavy (non-hydrogen) atoms. The lowest BCUT2D eigenvalue weighted by atomic mass is 9.74. The van der Waals surface area contributed by atoms with Crippen LogP contribution in [0, 0.1) is 5.92 Å². The Labute approximate surface area is 224 Å². The first-order valence-electron chi connectivity index (χ1n) is 13.5. The highest BCUT2D eigenvalue weighted by molar-refractivity contribution is 5.80. The van der Waals surface area contributed by atoms with E-state index in [1.807, 2.05) is 63.2 Å². The van der Waals surface area contributed by atoms with Gasteiger partial charge in [0.25, 0.3) is 0 Å². The molecule has 1 amide bonds. The number of alkyl halides is 3. The Kier molecular flexibility index (Phi) is 11.0. The number of hydrogen-bond donors (Lipinski definition) is 1. The molecular formula is C32H38F3NO2. The van der Waals surface area contributed by atoms with Crippen molar-refractivity contribution in [2.45, 2.75) is 77.8 Å². The van der Waals surface area contributed by atoms with Gasteiger partial charge in [-0.2, -0.15) is 13.2 Å². The molecule has 0 saturated heterocycles. The molecule has 204 valence electrons. The normalized spacial score (nSPS) is 18.2. The molecule has 0 aromatic heterocycles. The predicted molar refractivity (Wildman–Crippen MR) is 145 cm³/mol. The number of carbonyl (C=O) groups excluding carboxylic acids is 1. The molecule has 3 aromatic carbocycles. The quantitative estimate of drug-likeness (QED) is 0.320. The van der Waals surface area contributed by atoms with Gasteiger partial charge in [0.05, 0.1) is 24.8 Å². The van der Waals surface area contributed by atoms with Crippen molar-refractivity contribution >= 4 is 5.91 Å². The molecule has 1 N–H and O–H groups in total. The van der Waals surface area contributed by atoms with Crippen molar-refractivity contribution in [2.24, 2.45) is 5.92 Å². The predicted octanol–water partition coefficient (Wildman–Crippen LogP) is 8.60. The largest absolute Gasteiger partial charge is 0.416 e. The zero-order chi connectivity index (χ0) is 27.5. The topological polar surface area (TPSA) is 38.3 Å². The maximum Gasteiger partial charge on any atom is 0.416 e. The minimum absolute atomic E-state index is 0.0498. The van der Waals surface area contributed by atoms with Crippen molar-refractivity contribution in [1.82, 2.24) is 5.32 Å². The van der Waals surface area contributed by atoms with Gasteiger partial charge in [0, 0.05) is 5.92 Å². The molecule has 6 heteroatoms. The van der Waals surface area contributed by atoms with E-state index in [9.17, 15) is 18.0 Å². The highest BCUT2D eigenvalue weighted by atomic mass is 19.4. The lowest BCUT2D eigenvalue weighted by Crippen LogP contribution is -2.37. The standard InChI is InChI=1S/C30H32F3NO2.C2H6/c1-21(24-9-3-2-4-10-24)34-29(35)28-13-6-5-12-27(28)25-11-7-8-23(18-25)20-36-19-22-14-16-26(17-15-22)30(31,32)33;1-2/h2-4,7-11,14-18,21,27-28H,5-6,12-13,19-20H2,1H3,(H,34,35);1-2H3/t21-,27?,28?;/m0./s1. The van der Waals surface area contributed by atoms with Crippen LogP contribution in [-0.4, -0.2) is 5.91 Å². The summed E-state index contributed by atoms with van der Waals surface area (Å²) < 4.78 is 44.0. The van der Waals surface area contributed by atoms with Crippen LogP contribution in [0.15, 0.2) is 78.9 Å². The summed E-state index contributed by atoms with van der Waals surface area (Å²) in [6, 6.07) is 23.1. The lowest BCUT2D eigenvalue weighted by Gasteiger charge is -2.32. The molecule has 0 bridgehead atoms. The Balaban J connectivity index is 0.00000195. The highest BCUT2D eigenvalue weighted by Crippen LogP contribution is 2.38. The SMILES string of the molecule is CC.C[C@H](NC(=O)C1CCCCC1c1cccc(COCc2ccc(C(F)(F)F)cc2)c1)c1ccccc1. The Morgan fingerprint density at radius 3 is 2.24 bits per heavy atom. The summed E-state index contributed by atoms with van der Waals surface area (Å²) in [7, 11) is 0. The van der Waals surface area contributed by atoms with E-state index in [2.05, 4.69) is 17.4 Å². The van der Waals surface area contributed by atoms with Gasteiger partial charge in [-0.3, -0.25) is 4.79 Å². The van der Waals surface area contributed by atoms with Crippen LogP contribution in [-0.2, 0) is 28.9 Å². The molecule has 1 aliphatic carbocycles. The summed E-state index contributed by atoms with van der Waals surface area (Å²) in [5.74, 6) is 0.171. The van der Waals surface area contributed by atoms with Crippen LogP contribution in [0.25, 0.3) is 0 Å². The van der Waals surface area contributed by atoms with Crippen LogP contribution in [0.3, 0.4) is 0 Å². The summed E-state index contributed by atoms with van der Waals surface area (Å²) in [6.45, 7) is 6.59. The minimum Gasteiger partial charge on any atom is -0.372 e. The molecule has 4 rings (SSSR count). The number of ether oxygens (including phenoxy) is 1. The van der Waals surface area contributed by atoms with Crippen LogP contribution < -0.4 is 5.32 Å². The molecule has 1 saturated carbocycles. The first-order chi connectivity index (χ1) is 18.3. The lowest BCUT2D eigenvalue weighted by molar-refractivity contribution is -0.137. The number of amides is 1. The highest BCUT2D eigenvalue weighted by Gasteiger charge is 2.33. The van der Waals surface area contributed by atoms with Crippen LogP contribution in [0.5, 0.6) is 0 Å². The average Bonchev–Trinajstić information content (AvgIpc) is 2.94. The second kappa shape index (κ2) is 14.1. The molecule has 1 fully saturated rings. The van der Waals surface area contributed by atoms with Gasteiger partial charge < -0.3 is 10.1 Å². The van der Waals surface area contributed by atoms with Crippen LogP contribution in [0.1, 0.15) is 86.2 Å². The van der Waals surface area contributed by atoms with Crippen LogP contribution in [0.2, 0.25) is 0 Å². The van der Waals surface area contributed by atoms with Crippen molar-refractivity contribution in [2.75, 3.05) is 0 Å². The first kappa shape index (κ1) is 29.4. The zero-order valence-electron chi connectivity index (χ0n) is 22.4. The molecule has 0 radical (unpaired) electrons. The van der Waals surface area contributed by atoms with Gasteiger partial charge >= 0.3 is 6.18 Å². The van der Waals surface area contributed by atoms with Crippen molar-refractivity contribution in [3.63, 3.8) is 0 Å². The fourth-order valence-corrected chi connectivity index (χ4v) is 4.98. The summed E-state index contributed by atoms with van der Waals surface area (Å²) >= 11 is 0. The Bertz CT molecular complexity index is 1130. The number of halogens is 3. The Morgan fingerprint density at radius 1 is 0.895 bits per heavy atom. The number of hydrogen-bond acceptors (Lipinski definition) is 2. The van der Waals surface area contributed by atoms with E-state index >= 15 is 0 Å². The first-order valence-corrected chi connectivity index (χ1v) is 13.5. The number of benzene rings is 3. The molecule has 0 heterocycles. The van der Waals surface area contributed by atoms with Gasteiger partial charge in [-0.05, 0) is 60.1 Å². The van der Waals surface area contributed by atoms with E-state index in [0.717, 1.165) is 54.5 Å². The monoisotopic (exact) mass is 525 g/mol. The summed E-state index contributed by atoms with van der Waals surface area (Å²) in [5, 5.41) is 3.21. The van der Waals surface area contributed by atoms with E-state index in [1.54, 1.807) is 0 Å². The zero-order valence-corrected chi connectivity index (χ0v) is 22.4. The molecule has 0 spiro atoms. The number of nitrogens with one attached hydrogen (secondary N) is 1. The third kappa shape index (κ3) is 8.19. The summed E-state index contributed by atoms with van der Waals surface area (Å²) in [6.07, 6.45) is -0.366. The molecule has 2 unspecified atom stereocenters. The van der Waals surface area contributed by atoms with Crippen molar-refractivity contribution < 1.29 is 22.7 Å². The third-order valence-electron chi connectivity index (χ3n) is 6.96. The Hall–Kier alpha value is -3.12. The van der Waals surface area contributed by atoms with E-state index in [4.69, 9.17) is 4.74 Å². The van der Waals surface area contributed by atoms with E-state index in [-0.39, 0.29) is 30.4 Å². The van der Waals surface area contributed by atoms with E-state index in [0.29, 0.717) is 12.2 Å². The summed E-state index contributed by atoms with van der Waals surface area (Å²) in [5.41, 5.74) is 3.24. The van der Waals surface area contributed by atoms with Gasteiger partial charge in [-0.15, -0.1) is 0 Å². The van der Waals surface area contributed by atoms with Crippen LogP contribution in [0.4, 0.5) is 13.2 Å². The minimum atomic E-state index is -4.34. The smallest absolute Gasteiger partial charge is 0.372 e. The number of rotatable bonds is 8. The maximum absolute atomic E-state index is 13.3. The van der Waals surface area contributed by atoms with Crippen LogP contribution >= 0.6 is 0 Å². The molecular weight excluding hydrogens is 487 g/mol. The van der Waals surface area contributed by atoms with Gasteiger partial charge in [-0.25, -0.2) is 0 Å². The van der Waals surface area contributed by atoms with Gasteiger partial charge in [0.1, 0.15) is 0 Å². The molecule has 1 aliphatic rings. The molecule has 3 nitrogen and oxygen atoms in total. The maximum atomic E-state index is 13.3. The molecule has 3 aromatic rings. The second-order valence-electron chi connectivity index (χ2n) is 9.57. The van der Waals surface area contributed by atoms with Gasteiger partial charge in [-0.1, -0.05) is 93.4 Å². The molecule has 3 atom stereocenters. The van der Waals surface area contributed by atoms with E-state index < -0.39 is 11.7 Å². The fraction of sp³-hybridized carbons (Fsp3) is 0.406. The molecule has 0 aliphatic heterocycles. The third-order valence-corrected chi connectivity index (χ3v) is 6.96. The fourth-order valence-electron chi connectivity index (χ4n) is 4.98. The Morgan fingerprint density at radius 2 is 1.55 bits per heavy atom. The van der Waals surface area contributed by atoms with Crippen molar-refractivity contribution in [3.8, 4) is 0 Å². The second-order valence-corrected chi connectivity index (χ2v) is 9.57. The van der Waals surface area contributed by atoms with Crippen molar-refractivity contribution in [1.29, 1.82) is 0 Å².